The zero-order valence-electron chi connectivity index (χ0n) is 5.36. The van der Waals surface area contributed by atoms with E-state index in [9.17, 15) is 0 Å². The van der Waals surface area contributed by atoms with Gasteiger partial charge in [-0.15, -0.1) is 0 Å². The van der Waals surface area contributed by atoms with Gasteiger partial charge in [-0.3, -0.25) is 0 Å². The van der Waals surface area contributed by atoms with Crippen molar-refractivity contribution in [2.75, 3.05) is 0 Å². The molecule has 1 rings (SSSR count). The van der Waals surface area contributed by atoms with E-state index in [4.69, 9.17) is 0 Å². The molecule has 0 aromatic rings. The number of alkyl halides is 1. The summed E-state index contributed by atoms with van der Waals surface area (Å²) in [5, 5.41) is 0. The quantitative estimate of drug-likeness (QED) is 0.474. The van der Waals surface area contributed by atoms with E-state index < -0.39 is 0 Å². The predicted molar refractivity (Wildman–Crippen MR) is 45.4 cm³/mol. The van der Waals surface area contributed by atoms with Crippen LogP contribution in [0.3, 0.4) is 0 Å². The van der Waals surface area contributed by atoms with Crippen molar-refractivity contribution in [3.8, 4) is 0 Å². The smallest absolute Gasteiger partial charge is 0.0110 e. The Kier molecular flexibility index (Phi) is 2.60. The molecule has 0 radical (unpaired) electrons. The molecular formula is C7H13I. The first-order valence-electron chi connectivity index (χ1n) is 3.45. The van der Waals surface area contributed by atoms with Crippen molar-refractivity contribution in [1.29, 1.82) is 0 Å². The monoisotopic (exact) mass is 224 g/mol. The van der Waals surface area contributed by atoms with Gasteiger partial charge in [0.15, 0.2) is 0 Å². The standard InChI is InChI=1S/C7H13I/c1-6(8)7-4-2-3-5-7/h6-7H,2-5H2,1H3/t6-/m1/s1. The Bertz CT molecular complexity index is 62.8. The van der Waals surface area contributed by atoms with Crippen LogP contribution in [-0.2, 0) is 0 Å². The van der Waals surface area contributed by atoms with Crippen LogP contribution in [0.5, 0.6) is 0 Å². The lowest BCUT2D eigenvalue weighted by Gasteiger charge is -2.09. The Morgan fingerprint density at radius 3 is 2.12 bits per heavy atom. The average Bonchev–Trinajstić information content (AvgIpc) is 2.12. The number of hydrogen-bond acceptors (Lipinski definition) is 0. The zero-order valence-corrected chi connectivity index (χ0v) is 7.52. The summed E-state index contributed by atoms with van der Waals surface area (Å²) in [6.45, 7) is 2.33. The summed E-state index contributed by atoms with van der Waals surface area (Å²) in [5.74, 6) is 1.05. The topological polar surface area (TPSA) is 0 Å². The molecule has 1 aliphatic carbocycles. The Morgan fingerprint density at radius 2 is 1.88 bits per heavy atom. The van der Waals surface area contributed by atoms with Crippen molar-refractivity contribution in [3.05, 3.63) is 0 Å². The zero-order chi connectivity index (χ0) is 5.98. The van der Waals surface area contributed by atoms with Gasteiger partial charge in [0.1, 0.15) is 0 Å². The molecule has 0 N–H and O–H groups in total. The molecule has 0 aromatic carbocycles. The fourth-order valence-electron chi connectivity index (χ4n) is 1.42. The summed E-state index contributed by atoms with van der Waals surface area (Å²) in [4.78, 5) is 0. The molecule has 0 unspecified atom stereocenters. The summed E-state index contributed by atoms with van der Waals surface area (Å²) >= 11 is 2.54. The highest BCUT2D eigenvalue weighted by Crippen LogP contribution is 2.30. The van der Waals surface area contributed by atoms with Gasteiger partial charge in [-0.25, -0.2) is 0 Å². The second kappa shape index (κ2) is 3.04. The van der Waals surface area contributed by atoms with Crippen LogP contribution in [0, 0.1) is 5.92 Å². The van der Waals surface area contributed by atoms with Gasteiger partial charge in [0, 0.05) is 3.92 Å². The molecule has 0 amide bonds. The second-order valence-corrected chi connectivity index (χ2v) is 4.69. The van der Waals surface area contributed by atoms with E-state index in [1.165, 1.54) is 25.7 Å². The lowest BCUT2D eigenvalue weighted by molar-refractivity contribution is 0.558. The highest BCUT2D eigenvalue weighted by atomic mass is 127. The van der Waals surface area contributed by atoms with Crippen molar-refractivity contribution < 1.29 is 0 Å². The summed E-state index contributed by atoms with van der Waals surface area (Å²) in [6, 6.07) is 0. The minimum absolute atomic E-state index is 0.912. The molecule has 0 aliphatic heterocycles. The minimum atomic E-state index is 0.912. The van der Waals surface area contributed by atoms with Crippen LogP contribution in [0.2, 0.25) is 0 Å². The first-order chi connectivity index (χ1) is 3.80. The SMILES string of the molecule is C[C@@H](I)C1CCCC1. The molecular weight excluding hydrogens is 211 g/mol. The fraction of sp³-hybridized carbons (Fsp3) is 1.00. The molecule has 48 valence electrons. The van der Waals surface area contributed by atoms with Crippen LogP contribution in [0.1, 0.15) is 32.6 Å². The minimum Gasteiger partial charge on any atom is -0.0826 e. The summed E-state index contributed by atoms with van der Waals surface area (Å²) in [5.41, 5.74) is 0. The summed E-state index contributed by atoms with van der Waals surface area (Å²) < 4.78 is 0.912. The van der Waals surface area contributed by atoms with Crippen LogP contribution in [0.25, 0.3) is 0 Å². The van der Waals surface area contributed by atoms with Crippen LogP contribution in [0.15, 0.2) is 0 Å². The highest BCUT2D eigenvalue weighted by molar-refractivity contribution is 14.1. The Balaban J connectivity index is 2.24. The van der Waals surface area contributed by atoms with Gasteiger partial charge in [-0.2, -0.15) is 0 Å². The van der Waals surface area contributed by atoms with Gasteiger partial charge < -0.3 is 0 Å². The maximum atomic E-state index is 2.54. The van der Waals surface area contributed by atoms with Crippen molar-refractivity contribution in [1.82, 2.24) is 0 Å². The van der Waals surface area contributed by atoms with Gasteiger partial charge in [-0.05, 0) is 18.8 Å². The molecule has 0 nitrogen and oxygen atoms in total. The van der Waals surface area contributed by atoms with Crippen LogP contribution in [0.4, 0.5) is 0 Å². The van der Waals surface area contributed by atoms with Crippen LogP contribution < -0.4 is 0 Å². The van der Waals surface area contributed by atoms with Gasteiger partial charge in [0.25, 0.3) is 0 Å². The Labute approximate surface area is 65.2 Å². The first-order valence-corrected chi connectivity index (χ1v) is 4.69. The van der Waals surface area contributed by atoms with Crippen molar-refractivity contribution in [2.45, 2.75) is 36.5 Å². The van der Waals surface area contributed by atoms with Crippen molar-refractivity contribution >= 4 is 22.6 Å². The van der Waals surface area contributed by atoms with Gasteiger partial charge in [0.05, 0.1) is 0 Å². The lowest BCUT2D eigenvalue weighted by atomic mass is 10.1. The molecule has 1 aliphatic rings. The largest absolute Gasteiger partial charge is 0.0826 e. The van der Waals surface area contributed by atoms with Gasteiger partial charge in [-0.1, -0.05) is 42.4 Å². The molecule has 0 saturated heterocycles. The molecule has 1 saturated carbocycles. The van der Waals surface area contributed by atoms with Crippen LogP contribution >= 0.6 is 22.6 Å². The molecule has 1 heteroatoms. The van der Waals surface area contributed by atoms with E-state index in [1.54, 1.807) is 0 Å². The summed E-state index contributed by atoms with van der Waals surface area (Å²) in [7, 11) is 0. The van der Waals surface area contributed by atoms with E-state index in [0.29, 0.717) is 0 Å². The van der Waals surface area contributed by atoms with E-state index in [2.05, 4.69) is 29.5 Å². The van der Waals surface area contributed by atoms with Crippen molar-refractivity contribution in [2.24, 2.45) is 5.92 Å². The first kappa shape index (κ1) is 6.84. The molecule has 1 fully saturated rings. The van der Waals surface area contributed by atoms with E-state index in [-0.39, 0.29) is 0 Å². The average molecular weight is 224 g/mol. The van der Waals surface area contributed by atoms with Crippen molar-refractivity contribution in [3.63, 3.8) is 0 Å². The van der Waals surface area contributed by atoms with Gasteiger partial charge >= 0.3 is 0 Å². The molecule has 1 atom stereocenters. The number of hydrogen-bond donors (Lipinski definition) is 0. The third-order valence-corrected chi connectivity index (χ3v) is 3.07. The fourth-order valence-corrected chi connectivity index (χ4v) is 2.14. The van der Waals surface area contributed by atoms with Crippen LogP contribution in [-0.4, -0.2) is 3.92 Å². The molecule has 0 bridgehead atoms. The summed E-state index contributed by atoms with van der Waals surface area (Å²) in [6.07, 6.45) is 5.95. The normalized spacial score (nSPS) is 26.2. The van der Waals surface area contributed by atoms with E-state index >= 15 is 0 Å². The number of rotatable bonds is 1. The second-order valence-electron chi connectivity index (χ2n) is 2.72. The predicted octanol–water partition coefficient (Wildman–Crippen LogP) is 3.00. The molecule has 0 spiro atoms. The molecule has 0 heterocycles. The van der Waals surface area contributed by atoms with E-state index in [1.807, 2.05) is 0 Å². The maximum absolute atomic E-state index is 2.54. The third kappa shape index (κ3) is 1.61. The Hall–Kier alpha value is 0.730. The third-order valence-electron chi connectivity index (χ3n) is 2.05. The Morgan fingerprint density at radius 1 is 1.38 bits per heavy atom. The maximum Gasteiger partial charge on any atom is 0.0110 e. The molecule has 0 aromatic heterocycles. The molecule has 8 heavy (non-hydrogen) atoms. The van der Waals surface area contributed by atoms with Gasteiger partial charge in [0.2, 0.25) is 0 Å². The lowest BCUT2D eigenvalue weighted by Crippen LogP contribution is -2.04. The number of halogens is 1. The highest BCUT2D eigenvalue weighted by Gasteiger charge is 2.18. The van der Waals surface area contributed by atoms with E-state index in [0.717, 1.165) is 9.84 Å².